The summed E-state index contributed by atoms with van der Waals surface area (Å²) in [5, 5.41) is 11.7. The van der Waals surface area contributed by atoms with Crippen molar-refractivity contribution in [1.82, 2.24) is 9.55 Å². The molecule has 3 N–H and O–H groups in total. The molecule has 32 heavy (non-hydrogen) atoms. The number of ether oxygens (including phenoxy) is 1. The van der Waals surface area contributed by atoms with Gasteiger partial charge in [0.25, 0.3) is 5.56 Å². The van der Waals surface area contributed by atoms with Gasteiger partial charge < -0.3 is 20.1 Å². The summed E-state index contributed by atoms with van der Waals surface area (Å²) in [4.78, 5) is 30.9. The van der Waals surface area contributed by atoms with E-state index >= 15 is 0 Å². The number of rotatable bonds is 3. The second-order valence-electron chi connectivity index (χ2n) is 8.25. The normalized spacial score (nSPS) is 20.0. The third kappa shape index (κ3) is 2.71. The van der Waals surface area contributed by atoms with E-state index in [1.54, 1.807) is 29.9 Å². The monoisotopic (exact) mass is 455 g/mol. The van der Waals surface area contributed by atoms with Gasteiger partial charge in [0.15, 0.2) is 5.60 Å². The maximum absolute atomic E-state index is 14.5. The molecule has 2 aromatic heterocycles. The first kappa shape index (κ1) is 21.1. The van der Waals surface area contributed by atoms with Crippen LogP contribution < -0.4 is 11.3 Å². The van der Waals surface area contributed by atoms with Gasteiger partial charge in [-0.15, -0.1) is 11.8 Å². The van der Waals surface area contributed by atoms with Crippen molar-refractivity contribution in [3.05, 3.63) is 56.6 Å². The number of benzene rings is 1. The fourth-order valence-corrected chi connectivity index (χ4v) is 5.28. The van der Waals surface area contributed by atoms with E-state index in [2.05, 4.69) is 0 Å². The van der Waals surface area contributed by atoms with E-state index in [1.165, 1.54) is 17.8 Å². The Morgan fingerprint density at radius 2 is 2.09 bits per heavy atom. The van der Waals surface area contributed by atoms with Crippen LogP contribution >= 0.6 is 11.8 Å². The number of nitrogens with two attached hydrogens (primary N) is 1. The highest BCUT2D eigenvalue weighted by atomic mass is 32.2. The Bertz CT molecular complexity index is 1380. The van der Waals surface area contributed by atoms with Crippen LogP contribution in [0.2, 0.25) is 0 Å². The van der Waals surface area contributed by atoms with E-state index in [0.29, 0.717) is 21.8 Å². The molecule has 0 fully saturated rings. The van der Waals surface area contributed by atoms with Gasteiger partial charge in [-0.2, -0.15) is 0 Å². The molecule has 2 aliphatic heterocycles. The molecule has 0 aliphatic carbocycles. The van der Waals surface area contributed by atoms with Crippen LogP contribution in [0.15, 0.2) is 27.9 Å². The molecule has 0 saturated carbocycles. The van der Waals surface area contributed by atoms with Crippen molar-refractivity contribution in [2.24, 2.45) is 5.73 Å². The average Bonchev–Trinajstić information content (AvgIpc) is 3.12. The van der Waals surface area contributed by atoms with Gasteiger partial charge in [0.05, 0.1) is 29.0 Å². The van der Waals surface area contributed by atoms with Crippen LogP contribution in [0.25, 0.3) is 22.3 Å². The Morgan fingerprint density at radius 1 is 1.34 bits per heavy atom. The molecule has 2 aliphatic rings. The molecule has 0 radical (unpaired) electrons. The average molecular weight is 456 g/mol. The van der Waals surface area contributed by atoms with Crippen LogP contribution in [0.5, 0.6) is 0 Å². The Balaban J connectivity index is 1.85. The number of aromatic nitrogens is 2. The second kappa shape index (κ2) is 7.13. The highest BCUT2D eigenvalue weighted by molar-refractivity contribution is 7.98. The minimum atomic E-state index is -1.90. The minimum Gasteiger partial charge on any atom is -0.458 e. The number of carbonyl (C=O) groups excluding carboxylic acids is 1. The molecular formula is C23H22FN3O4S. The molecule has 5 rings (SSSR count). The lowest BCUT2D eigenvalue weighted by Crippen LogP contribution is -2.44. The predicted octanol–water partition coefficient (Wildman–Crippen LogP) is 2.96. The molecule has 4 heterocycles. The molecule has 0 spiro atoms. The van der Waals surface area contributed by atoms with Crippen LogP contribution in [0, 0.1) is 5.82 Å². The van der Waals surface area contributed by atoms with Gasteiger partial charge in [-0.1, -0.05) is 6.92 Å². The standard InChI is InChI=1S/C23H22FN3O4S/c1-4-23(30)14-6-17-20-12(8-27(17)21(28)13(14)9-31-22(23)29)19(10(2)25)11-5-18(32-3)15(24)7-16(11)26-20/h5-7,10,30H,4,8-9,25H2,1-3H3/t10-,23-/m0/s1. The minimum absolute atomic E-state index is 0.0630. The van der Waals surface area contributed by atoms with E-state index in [4.69, 9.17) is 15.5 Å². The first-order chi connectivity index (χ1) is 15.2. The van der Waals surface area contributed by atoms with Crippen molar-refractivity contribution in [3.63, 3.8) is 0 Å². The molecule has 0 unspecified atom stereocenters. The van der Waals surface area contributed by atoms with Crippen molar-refractivity contribution < 1.29 is 19.0 Å². The molecule has 166 valence electrons. The van der Waals surface area contributed by atoms with Gasteiger partial charge in [0, 0.05) is 33.5 Å². The van der Waals surface area contributed by atoms with Crippen molar-refractivity contribution in [2.45, 2.75) is 50.0 Å². The zero-order chi connectivity index (χ0) is 22.9. The number of fused-ring (bicyclic) bond motifs is 5. The number of thioether (sulfide) groups is 1. The first-order valence-corrected chi connectivity index (χ1v) is 11.6. The van der Waals surface area contributed by atoms with Crippen LogP contribution in [0.1, 0.15) is 48.6 Å². The quantitative estimate of drug-likeness (QED) is 0.361. The molecule has 3 aromatic rings. The Hall–Kier alpha value is -2.75. The van der Waals surface area contributed by atoms with E-state index in [0.717, 1.165) is 16.5 Å². The summed E-state index contributed by atoms with van der Waals surface area (Å²) >= 11 is 1.30. The number of cyclic esters (lactones) is 1. The molecule has 0 bridgehead atoms. The number of aliphatic hydroxyl groups is 1. The van der Waals surface area contributed by atoms with Crippen LogP contribution in [0.4, 0.5) is 4.39 Å². The lowest BCUT2D eigenvalue weighted by atomic mass is 9.86. The van der Waals surface area contributed by atoms with E-state index in [-0.39, 0.29) is 48.1 Å². The lowest BCUT2D eigenvalue weighted by Gasteiger charge is -2.31. The van der Waals surface area contributed by atoms with Crippen LogP contribution in [0.3, 0.4) is 0 Å². The van der Waals surface area contributed by atoms with Crippen molar-refractivity contribution in [3.8, 4) is 11.4 Å². The number of pyridine rings is 2. The zero-order valence-corrected chi connectivity index (χ0v) is 18.7. The molecule has 9 heteroatoms. The number of hydrogen-bond acceptors (Lipinski definition) is 7. The van der Waals surface area contributed by atoms with E-state index in [1.807, 2.05) is 6.92 Å². The largest absolute Gasteiger partial charge is 0.458 e. The zero-order valence-electron chi connectivity index (χ0n) is 17.9. The van der Waals surface area contributed by atoms with Gasteiger partial charge in [-0.3, -0.25) is 4.79 Å². The molecular weight excluding hydrogens is 433 g/mol. The molecule has 1 aromatic carbocycles. The van der Waals surface area contributed by atoms with E-state index < -0.39 is 11.6 Å². The number of esters is 1. The number of halogens is 1. The fraction of sp³-hybridized carbons (Fsp3) is 0.348. The summed E-state index contributed by atoms with van der Waals surface area (Å²) in [6.07, 6.45) is 1.86. The van der Waals surface area contributed by atoms with Crippen molar-refractivity contribution in [1.29, 1.82) is 0 Å². The smallest absolute Gasteiger partial charge is 0.343 e. The molecule has 2 atom stereocenters. The molecule has 0 amide bonds. The summed E-state index contributed by atoms with van der Waals surface area (Å²) in [7, 11) is 0. The summed E-state index contributed by atoms with van der Waals surface area (Å²) in [5.41, 5.74) is 7.62. The van der Waals surface area contributed by atoms with Gasteiger partial charge in [0.1, 0.15) is 12.4 Å². The Kier molecular flexibility index (Phi) is 4.70. The van der Waals surface area contributed by atoms with Gasteiger partial charge in [-0.25, -0.2) is 14.2 Å². The summed E-state index contributed by atoms with van der Waals surface area (Å²) in [6.45, 7) is 3.56. The molecule has 0 saturated heterocycles. The Labute approximate surface area is 187 Å². The topological polar surface area (TPSA) is 107 Å². The first-order valence-electron chi connectivity index (χ1n) is 10.3. The lowest BCUT2D eigenvalue weighted by molar-refractivity contribution is -0.172. The third-order valence-corrected chi connectivity index (χ3v) is 7.21. The van der Waals surface area contributed by atoms with Crippen LogP contribution in [-0.4, -0.2) is 26.9 Å². The van der Waals surface area contributed by atoms with Gasteiger partial charge in [0.2, 0.25) is 0 Å². The summed E-state index contributed by atoms with van der Waals surface area (Å²) in [6, 6.07) is 4.39. The SMILES string of the molecule is CC[C@@]1(O)C(=O)OCc2c1cc1n(c2=O)Cc2c-1nc1cc(F)c(SC)cc1c2[C@H](C)N. The van der Waals surface area contributed by atoms with Crippen LogP contribution in [-0.2, 0) is 28.3 Å². The maximum atomic E-state index is 14.5. The van der Waals surface area contributed by atoms with Gasteiger partial charge >= 0.3 is 5.97 Å². The summed E-state index contributed by atoms with van der Waals surface area (Å²) in [5.74, 6) is -1.15. The van der Waals surface area contributed by atoms with Crippen molar-refractivity contribution in [2.75, 3.05) is 6.26 Å². The predicted molar refractivity (Wildman–Crippen MR) is 119 cm³/mol. The number of carbonyl (C=O) groups is 1. The van der Waals surface area contributed by atoms with Crippen molar-refractivity contribution >= 4 is 28.6 Å². The Morgan fingerprint density at radius 3 is 2.75 bits per heavy atom. The van der Waals surface area contributed by atoms with Gasteiger partial charge in [-0.05, 0) is 37.3 Å². The highest BCUT2D eigenvalue weighted by Gasteiger charge is 2.45. The number of nitrogens with zero attached hydrogens (tertiary/aromatic N) is 2. The highest BCUT2D eigenvalue weighted by Crippen LogP contribution is 2.42. The third-order valence-electron chi connectivity index (χ3n) is 6.46. The summed E-state index contributed by atoms with van der Waals surface area (Å²) < 4.78 is 21.2. The van der Waals surface area contributed by atoms with E-state index in [9.17, 15) is 19.1 Å². The number of hydrogen-bond donors (Lipinski definition) is 2. The fourth-order valence-electron chi connectivity index (χ4n) is 4.79. The molecule has 7 nitrogen and oxygen atoms in total. The maximum Gasteiger partial charge on any atom is 0.343 e. The second-order valence-corrected chi connectivity index (χ2v) is 9.10.